The molecule has 2 unspecified atom stereocenters. The highest BCUT2D eigenvalue weighted by atomic mass is 16.5. The second-order valence-electron chi connectivity index (χ2n) is 9.63. The van der Waals surface area contributed by atoms with E-state index < -0.39 is 0 Å². The van der Waals surface area contributed by atoms with Crippen molar-refractivity contribution in [2.45, 2.75) is 90.1 Å². The largest absolute Gasteiger partial charge is 0.491 e. The van der Waals surface area contributed by atoms with Crippen molar-refractivity contribution in [1.29, 1.82) is 0 Å². The van der Waals surface area contributed by atoms with Crippen LogP contribution in [-0.4, -0.2) is 54.4 Å². The van der Waals surface area contributed by atoms with E-state index >= 15 is 0 Å². The van der Waals surface area contributed by atoms with Crippen molar-refractivity contribution in [2.24, 2.45) is 5.92 Å². The molecule has 0 radical (unpaired) electrons. The zero-order valence-corrected chi connectivity index (χ0v) is 19.0. The number of rotatable bonds is 6. The predicted octanol–water partition coefficient (Wildman–Crippen LogP) is 4.75. The molecule has 30 heavy (non-hydrogen) atoms. The van der Waals surface area contributed by atoms with Crippen LogP contribution in [0, 0.1) is 12.8 Å². The molecular formula is C25H37NO4. The lowest BCUT2D eigenvalue weighted by Crippen LogP contribution is -2.54. The topological polar surface area (TPSA) is 48.0 Å². The fourth-order valence-electron chi connectivity index (χ4n) is 5.08. The molecule has 166 valence electrons. The number of aryl methyl sites for hydroxylation is 1. The SMILES string of the molecule is CCOC1CC(C2CC2)OC2(CCN(C(=O)c3ccc(OC(C)C)c(C)c3)CC2)C1. The number of carbonyl (C=O) groups is 1. The van der Waals surface area contributed by atoms with Crippen LogP contribution in [0.4, 0.5) is 0 Å². The van der Waals surface area contributed by atoms with E-state index in [9.17, 15) is 4.79 Å². The van der Waals surface area contributed by atoms with E-state index in [1.165, 1.54) is 12.8 Å². The molecule has 2 heterocycles. The molecule has 0 aromatic heterocycles. The van der Waals surface area contributed by atoms with Crippen molar-refractivity contribution < 1.29 is 19.0 Å². The number of hydrogen-bond acceptors (Lipinski definition) is 4. The van der Waals surface area contributed by atoms with Crippen LogP contribution in [0.25, 0.3) is 0 Å². The summed E-state index contributed by atoms with van der Waals surface area (Å²) in [5, 5.41) is 0. The zero-order chi connectivity index (χ0) is 21.3. The van der Waals surface area contributed by atoms with Crippen molar-refractivity contribution in [1.82, 2.24) is 4.90 Å². The Bertz CT molecular complexity index is 750. The van der Waals surface area contributed by atoms with E-state index in [1.54, 1.807) is 0 Å². The summed E-state index contributed by atoms with van der Waals surface area (Å²) in [6.45, 7) is 10.4. The van der Waals surface area contributed by atoms with Crippen LogP contribution < -0.4 is 4.74 Å². The minimum absolute atomic E-state index is 0.111. The molecule has 1 amide bonds. The molecule has 2 aliphatic heterocycles. The maximum absolute atomic E-state index is 13.1. The van der Waals surface area contributed by atoms with Crippen molar-refractivity contribution >= 4 is 5.91 Å². The molecular weight excluding hydrogens is 378 g/mol. The third kappa shape index (κ3) is 4.83. The van der Waals surface area contributed by atoms with E-state index in [0.717, 1.165) is 68.2 Å². The predicted molar refractivity (Wildman–Crippen MR) is 117 cm³/mol. The Labute approximate surface area is 181 Å². The Morgan fingerprint density at radius 2 is 2.00 bits per heavy atom. The molecule has 2 saturated heterocycles. The normalized spacial score (nSPS) is 26.2. The minimum atomic E-state index is -0.118. The quantitative estimate of drug-likeness (QED) is 0.673. The summed E-state index contributed by atoms with van der Waals surface area (Å²) < 4.78 is 18.5. The molecule has 1 aliphatic carbocycles. The highest BCUT2D eigenvalue weighted by molar-refractivity contribution is 5.94. The Morgan fingerprint density at radius 3 is 2.60 bits per heavy atom. The molecule has 3 aliphatic rings. The number of likely N-dealkylation sites (tertiary alicyclic amines) is 1. The van der Waals surface area contributed by atoms with Gasteiger partial charge in [0, 0.05) is 38.1 Å². The summed E-state index contributed by atoms with van der Waals surface area (Å²) in [6.07, 6.45) is 7.15. The zero-order valence-electron chi connectivity index (χ0n) is 19.0. The average Bonchev–Trinajstić information content (AvgIpc) is 3.55. The van der Waals surface area contributed by atoms with E-state index in [4.69, 9.17) is 14.2 Å². The van der Waals surface area contributed by atoms with Crippen molar-refractivity contribution in [3.8, 4) is 5.75 Å². The Hall–Kier alpha value is -1.59. The maximum Gasteiger partial charge on any atom is 0.253 e. The Kier molecular flexibility index (Phi) is 6.40. The van der Waals surface area contributed by atoms with Gasteiger partial charge in [0.1, 0.15) is 5.75 Å². The van der Waals surface area contributed by atoms with Gasteiger partial charge in [-0.3, -0.25) is 4.79 Å². The third-order valence-corrected chi connectivity index (χ3v) is 6.79. The van der Waals surface area contributed by atoms with Gasteiger partial charge in [0.05, 0.1) is 23.9 Å². The average molecular weight is 416 g/mol. The number of amides is 1. The summed E-state index contributed by atoms with van der Waals surface area (Å²) in [7, 11) is 0. The first-order valence-electron chi connectivity index (χ1n) is 11.7. The number of nitrogens with zero attached hydrogens (tertiary/aromatic N) is 1. The van der Waals surface area contributed by atoms with Gasteiger partial charge in [-0.05, 0) is 83.1 Å². The van der Waals surface area contributed by atoms with Crippen molar-refractivity contribution in [2.75, 3.05) is 19.7 Å². The molecule has 3 fully saturated rings. The highest BCUT2D eigenvalue weighted by Crippen LogP contribution is 2.46. The van der Waals surface area contributed by atoms with Gasteiger partial charge in [0.25, 0.3) is 5.91 Å². The smallest absolute Gasteiger partial charge is 0.253 e. The highest BCUT2D eigenvalue weighted by Gasteiger charge is 2.48. The van der Waals surface area contributed by atoms with Crippen LogP contribution in [0.3, 0.4) is 0 Å². The van der Waals surface area contributed by atoms with E-state index in [2.05, 4.69) is 6.92 Å². The van der Waals surface area contributed by atoms with Gasteiger partial charge in [-0.25, -0.2) is 0 Å². The summed E-state index contributed by atoms with van der Waals surface area (Å²) in [5.74, 6) is 1.68. The number of benzene rings is 1. The third-order valence-electron chi connectivity index (χ3n) is 6.79. The lowest BCUT2D eigenvalue weighted by molar-refractivity contribution is -0.193. The molecule has 2 atom stereocenters. The van der Waals surface area contributed by atoms with Crippen LogP contribution >= 0.6 is 0 Å². The first-order chi connectivity index (χ1) is 14.4. The van der Waals surface area contributed by atoms with Crippen LogP contribution in [0.2, 0.25) is 0 Å². The molecule has 5 nitrogen and oxygen atoms in total. The van der Waals surface area contributed by atoms with E-state index in [-0.39, 0.29) is 17.6 Å². The van der Waals surface area contributed by atoms with Gasteiger partial charge < -0.3 is 19.1 Å². The molecule has 1 aromatic carbocycles. The Morgan fingerprint density at radius 1 is 1.27 bits per heavy atom. The van der Waals surface area contributed by atoms with Crippen LogP contribution in [0.15, 0.2) is 18.2 Å². The van der Waals surface area contributed by atoms with Gasteiger partial charge in [-0.1, -0.05) is 0 Å². The molecule has 1 spiro atoms. The monoisotopic (exact) mass is 415 g/mol. The summed E-state index contributed by atoms with van der Waals surface area (Å²) in [4.78, 5) is 15.1. The first-order valence-corrected chi connectivity index (χ1v) is 11.7. The van der Waals surface area contributed by atoms with Crippen molar-refractivity contribution in [3.63, 3.8) is 0 Å². The molecule has 4 rings (SSSR count). The van der Waals surface area contributed by atoms with Gasteiger partial charge in [0.15, 0.2) is 0 Å². The molecule has 0 N–H and O–H groups in total. The fourth-order valence-corrected chi connectivity index (χ4v) is 5.08. The summed E-state index contributed by atoms with van der Waals surface area (Å²) in [6, 6.07) is 5.77. The van der Waals surface area contributed by atoms with Gasteiger partial charge in [0.2, 0.25) is 0 Å². The van der Waals surface area contributed by atoms with Gasteiger partial charge >= 0.3 is 0 Å². The van der Waals surface area contributed by atoms with Crippen molar-refractivity contribution in [3.05, 3.63) is 29.3 Å². The fraction of sp³-hybridized carbons (Fsp3) is 0.720. The molecule has 5 heteroatoms. The van der Waals surface area contributed by atoms with Gasteiger partial charge in [-0.2, -0.15) is 0 Å². The second-order valence-corrected chi connectivity index (χ2v) is 9.63. The lowest BCUT2D eigenvalue weighted by Gasteiger charge is -2.49. The van der Waals surface area contributed by atoms with E-state index in [0.29, 0.717) is 12.2 Å². The molecule has 0 bridgehead atoms. The summed E-state index contributed by atoms with van der Waals surface area (Å²) >= 11 is 0. The number of carbonyl (C=O) groups excluding carboxylic acids is 1. The summed E-state index contributed by atoms with van der Waals surface area (Å²) in [5.41, 5.74) is 1.63. The number of piperidine rings is 1. The van der Waals surface area contributed by atoms with Gasteiger partial charge in [-0.15, -0.1) is 0 Å². The number of ether oxygens (including phenoxy) is 3. The maximum atomic E-state index is 13.1. The first kappa shape index (κ1) is 21.6. The lowest BCUT2D eigenvalue weighted by atomic mass is 9.81. The van der Waals surface area contributed by atoms with Crippen LogP contribution in [0.1, 0.15) is 75.2 Å². The molecule has 1 aromatic rings. The van der Waals surface area contributed by atoms with Crippen LogP contribution in [-0.2, 0) is 9.47 Å². The molecule has 1 saturated carbocycles. The standard InChI is InChI=1S/C25H37NO4/c1-5-28-21-15-23(19-6-7-19)30-25(16-21)10-12-26(13-11-25)24(27)20-8-9-22(18(4)14-20)29-17(2)3/h8-9,14,17,19,21,23H,5-7,10-13,15-16H2,1-4H3. The Balaban J connectivity index is 1.39. The van der Waals surface area contributed by atoms with E-state index in [1.807, 2.05) is 43.9 Å². The minimum Gasteiger partial charge on any atom is -0.491 e. The van der Waals surface area contributed by atoms with Crippen LogP contribution in [0.5, 0.6) is 5.75 Å². The number of hydrogen-bond donors (Lipinski definition) is 0. The second kappa shape index (κ2) is 8.88.